The van der Waals surface area contributed by atoms with Crippen LogP contribution >= 0.6 is 0 Å². The van der Waals surface area contributed by atoms with Gasteiger partial charge in [-0.15, -0.1) is 0 Å². The van der Waals surface area contributed by atoms with E-state index in [2.05, 4.69) is 40.7 Å². The summed E-state index contributed by atoms with van der Waals surface area (Å²) in [5, 5.41) is 8.79. The Morgan fingerprint density at radius 1 is 1.21 bits per heavy atom. The highest BCUT2D eigenvalue weighted by Gasteiger charge is 2.15. The smallest absolute Gasteiger partial charge is 0.328 e. The molecule has 1 rings (SSSR count). The predicted octanol–water partition coefficient (Wildman–Crippen LogP) is 4.59. The molecular formula is C17H24O2. The van der Waals surface area contributed by atoms with Gasteiger partial charge in [-0.2, -0.15) is 0 Å². The second-order valence-electron chi connectivity index (χ2n) is 5.47. The Labute approximate surface area is 116 Å². The quantitative estimate of drug-likeness (QED) is 0.786. The van der Waals surface area contributed by atoms with E-state index in [0.717, 1.165) is 12.0 Å². The third-order valence-corrected chi connectivity index (χ3v) is 3.39. The summed E-state index contributed by atoms with van der Waals surface area (Å²) in [6.07, 6.45) is 3.91. The zero-order chi connectivity index (χ0) is 14.6. The molecule has 0 amide bonds. The van der Waals surface area contributed by atoms with Gasteiger partial charge < -0.3 is 5.11 Å². The molecular weight excluding hydrogens is 236 g/mol. The molecule has 0 aromatic heterocycles. The molecule has 2 nitrogen and oxygen atoms in total. The normalized spacial score (nSPS) is 11.7. The predicted molar refractivity (Wildman–Crippen MR) is 80.7 cm³/mol. The minimum absolute atomic E-state index is 0.391. The molecule has 104 valence electrons. The van der Waals surface area contributed by atoms with Crippen LogP contribution < -0.4 is 0 Å². The van der Waals surface area contributed by atoms with Crippen molar-refractivity contribution in [3.8, 4) is 0 Å². The van der Waals surface area contributed by atoms with Crippen molar-refractivity contribution in [2.24, 2.45) is 0 Å². The maximum absolute atomic E-state index is 10.7. The molecule has 0 saturated carbocycles. The van der Waals surface area contributed by atoms with Crippen molar-refractivity contribution in [3.63, 3.8) is 0 Å². The van der Waals surface area contributed by atoms with Crippen LogP contribution in [0.15, 0.2) is 18.2 Å². The van der Waals surface area contributed by atoms with Crippen LogP contribution in [0.3, 0.4) is 0 Å². The highest BCUT2D eigenvalue weighted by atomic mass is 16.4. The molecule has 1 N–H and O–H groups in total. The van der Waals surface area contributed by atoms with E-state index >= 15 is 0 Å². The fraction of sp³-hybridized carbons (Fsp3) is 0.471. The standard InChI is InChI=1S/C17H24O2/c1-6-14-15(11(2)3)9-7-13(8-10-16(18)19)17(14)12(4)5/h7-12H,6H2,1-5H3,(H,18,19). The van der Waals surface area contributed by atoms with E-state index in [1.54, 1.807) is 6.08 Å². The van der Waals surface area contributed by atoms with E-state index in [9.17, 15) is 4.79 Å². The molecule has 0 aliphatic carbocycles. The molecule has 2 heteroatoms. The second kappa shape index (κ2) is 6.55. The minimum Gasteiger partial charge on any atom is -0.478 e. The summed E-state index contributed by atoms with van der Waals surface area (Å²) in [6, 6.07) is 4.18. The van der Waals surface area contributed by atoms with Crippen LogP contribution in [-0.2, 0) is 11.2 Å². The number of carboxylic acids is 1. The first-order valence-corrected chi connectivity index (χ1v) is 6.95. The van der Waals surface area contributed by atoms with Gasteiger partial charge in [-0.1, -0.05) is 46.8 Å². The van der Waals surface area contributed by atoms with Crippen LogP contribution in [0.1, 0.15) is 68.7 Å². The maximum atomic E-state index is 10.7. The molecule has 0 saturated heterocycles. The van der Waals surface area contributed by atoms with E-state index in [4.69, 9.17) is 5.11 Å². The van der Waals surface area contributed by atoms with Gasteiger partial charge in [0, 0.05) is 6.08 Å². The molecule has 0 bridgehead atoms. The Balaban J connectivity index is 3.45. The van der Waals surface area contributed by atoms with Crippen LogP contribution in [0.4, 0.5) is 0 Å². The maximum Gasteiger partial charge on any atom is 0.328 e. The number of hydrogen-bond acceptors (Lipinski definition) is 1. The third kappa shape index (κ3) is 3.69. The van der Waals surface area contributed by atoms with Crippen molar-refractivity contribution >= 4 is 12.0 Å². The summed E-state index contributed by atoms with van der Waals surface area (Å²) in [7, 11) is 0. The Morgan fingerprint density at radius 2 is 1.84 bits per heavy atom. The molecule has 0 aliphatic rings. The van der Waals surface area contributed by atoms with Crippen LogP contribution in [-0.4, -0.2) is 11.1 Å². The first kappa shape index (κ1) is 15.5. The Bertz CT molecular complexity index is 482. The van der Waals surface area contributed by atoms with Gasteiger partial charge in [-0.25, -0.2) is 4.79 Å². The highest BCUT2D eigenvalue weighted by Crippen LogP contribution is 2.31. The van der Waals surface area contributed by atoms with Crippen molar-refractivity contribution in [2.45, 2.75) is 52.9 Å². The number of rotatable bonds is 5. The fourth-order valence-corrected chi connectivity index (χ4v) is 2.62. The number of hydrogen-bond donors (Lipinski definition) is 1. The molecule has 0 aliphatic heterocycles. The molecule has 1 aromatic carbocycles. The molecule has 19 heavy (non-hydrogen) atoms. The number of carboxylic acid groups (broad SMARTS) is 1. The number of aliphatic carboxylic acids is 1. The lowest BCUT2D eigenvalue weighted by atomic mass is 9.84. The topological polar surface area (TPSA) is 37.3 Å². The van der Waals surface area contributed by atoms with Gasteiger partial charge >= 0.3 is 5.97 Å². The first-order valence-electron chi connectivity index (χ1n) is 6.95. The van der Waals surface area contributed by atoms with Crippen molar-refractivity contribution in [2.75, 3.05) is 0 Å². The number of carbonyl (C=O) groups is 1. The molecule has 0 heterocycles. The Hall–Kier alpha value is -1.57. The molecule has 0 fully saturated rings. The molecule has 0 spiro atoms. The minimum atomic E-state index is -0.902. The van der Waals surface area contributed by atoms with Crippen LogP contribution in [0, 0.1) is 0 Å². The highest BCUT2D eigenvalue weighted by molar-refractivity contribution is 5.85. The molecule has 0 radical (unpaired) electrons. The van der Waals surface area contributed by atoms with Crippen molar-refractivity contribution in [1.29, 1.82) is 0 Å². The van der Waals surface area contributed by atoms with Crippen LogP contribution in [0.2, 0.25) is 0 Å². The lowest BCUT2D eigenvalue weighted by Crippen LogP contribution is -2.05. The Morgan fingerprint density at radius 3 is 2.26 bits per heavy atom. The summed E-state index contributed by atoms with van der Waals surface area (Å²) in [4.78, 5) is 10.7. The SMILES string of the molecule is CCc1c(C(C)C)ccc(C=CC(=O)O)c1C(C)C. The van der Waals surface area contributed by atoms with Gasteiger partial charge in [-0.05, 0) is 46.6 Å². The average Bonchev–Trinajstić information content (AvgIpc) is 2.34. The number of benzene rings is 1. The van der Waals surface area contributed by atoms with Crippen molar-refractivity contribution in [3.05, 3.63) is 40.5 Å². The summed E-state index contributed by atoms with van der Waals surface area (Å²) in [5.74, 6) is -0.0206. The monoisotopic (exact) mass is 260 g/mol. The molecule has 0 atom stereocenters. The molecule has 0 unspecified atom stereocenters. The lowest BCUT2D eigenvalue weighted by Gasteiger charge is -2.21. The van der Waals surface area contributed by atoms with E-state index in [-0.39, 0.29) is 0 Å². The van der Waals surface area contributed by atoms with Gasteiger partial charge in [0.2, 0.25) is 0 Å². The van der Waals surface area contributed by atoms with E-state index < -0.39 is 5.97 Å². The third-order valence-electron chi connectivity index (χ3n) is 3.39. The largest absolute Gasteiger partial charge is 0.478 e. The van der Waals surface area contributed by atoms with E-state index in [1.165, 1.54) is 22.8 Å². The van der Waals surface area contributed by atoms with Gasteiger partial charge in [0.1, 0.15) is 0 Å². The average molecular weight is 260 g/mol. The zero-order valence-electron chi connectivity index (χ0n) is 12.5. The summed E-state index contributed by atoms with van der Waals surface area (Å²) < 4.78 is 0. The van der Waals surface area contributed by atoms with E-state index in [0.29, 0.717) is 11.8 Å². The van der Waals surface area contributed by atoms with Crippen LogP contribution in [0.5, 0.6) is 0 Å². The van der Waals surface area contributed by atoms with Gasteiger partial charge in [-0.3, -0.25) is 0 Å². The summed E-state index contributed by atoms with van der Waals surface area (Å²) in [6.45, 7) is 10.9. The van der Waals surface area contributed by atoms with Crippen molar-refractivity contribution in [1.82, 2.24) is 0 Å². The summed E-state index contributed by atoms with van der Waals surface area (Å²) in [5.41, 5.74) is 5.06. The Kier molecular flexibility index (Phi) is 5.34. The van der Waals surface area contributed by atoms with E-state index in [1.807, 2.05) is 6.07 Å². The van der Waals surface area contributed by atoms with Crippen molar-refractivity contribution < 1.29 is 9.90 Å². The van der Waals surface area contributed by atoms with Gasteiger partial charge in [0.05, 0.1) is 0 Å². The first-order chi connectivity index (χ1) is 8.88. The fourth-order valence-electron chi connectivity index (χ4n) is 2.62. The zero-order valence-corrected chi connectivity index (χ0v) is 12.5. The second-order valence-corrected chi connectivity index (χ2v) is 5.47. The summed E-state index contributed by atoms with van der Waals surface area (Å²) >= 11 is 0. The lowest BCUT2D eigenvalue weighted by molar-refractivity contribution is -0.131. The van der Waals surface area contributed by atoms with Gasteiger partial charge in [0.15, 0.2) is 0 Å². The molecule has 1 aromatic rings. The van der Waals surface area contributed by atoms with Crippen LogP contribution in [0.25, 0.3) is 6.08 Å². The van der Waals surface area contributed by atoms with Gasteiger partial charge in [0.25, 0.3) is 0 Å².